The molecule has 0 saturated carbocycles. The minimum atomic E-state index is -0.649. The van der Waals surface area contributed by atoms with Gasteiger partial charge in [0.2, 0.25) is 0 Å². The third-order valence-electron chi connectivity index (χ3n) is 2.18. The molecule has 1 aliphatic rings. The van der Waals surface area contributed by atoms with Crippen molar-refractivity contribution in [2.45, 2.75) is 6.17 Å². The third-order valence-corrected chi connectivity index (χ3v) is 2.18. The lowest BCUT2D eigenvalue weighted by Gasteiger charge is -2.18. The zero-order chi connectivity index (χ0) is 10.1. The van der Waals surface area contributed by atoms with E-state index in [-0.39, 0.29) is 12.3 Å². The van der Waals surface area contributed by atoms with Crippen molar-refractivity contribution in [1.29, 1.82) is 0 Å². The van der Waals surface area contributed by atoms with Crippen LogP contribution < -0.4 is 5.32 Å². The molecule has 0 radical (unpaired) electrons. The molecule has 1 heterocycles. The van der Waals surface area contributed by atoms with E-state index < -0.39 is 12.1 Å². The highest BCUT2D eigenvalue weighted by molar-refractivity contribution is 5.79. The van der Waals surface area contributed by atoms with Gasteiger partial charge >= 0.3 is 0 Å². The first kappa shape index (κ1) is 8.98. The maximum absolute atomic E-state index is 11.0. The first-order chi connectivity index (χ1) is 6.70. The summed E-state index contributed by atoms with van der Waals surface area (Å²) >= 11 is 0. The van der Waals surface area contributed by atoms with Gasteiger partial charge in [-0.2, -0.15) is 0 Å². The maximum Gasteiger partial charge on any atom is 0.261 e. The number of hydroxylamine groups is 2. The summed E-state index contributed by atoms with van der Waals surface area (Å²) < 4.78 is 0. The molecule has 1 fully saturated rings. The number of para-hydroxylation sites is 1. The number of rotatable bonds is 1. The lowest BCUT2D eigenvalue weighted by molar-refractivity contribution is -0.165. The number of amides is 1. The summed E-state index contributed by atoms with van der Waals surface area (Å²) in [6, 6.07) is 6.56. The summed E-state index contributed by atoms with van der Waals surface area (Å²) in [4.78, 5) is 11.0. The molecule has 0 aromatic heterocycles. The second kappa shape index (κ2) is 3.28. The quantitative estimate of drug-likeness (QED) is 0.559. The number of nitrogens with one attached hydrogen (secondary N) is 1. The first-order valence-electron chi connectivity index (χ1n) is 4.22. The van der Waals surface area contributed by atoms with Crippen molar-refractivity contribution >= 4 is 5.91 Å². The SMILES string of the molecule is O=C1CN[C@H](c2ccccc2O)N1O. The van der Waals surface area contributed by atoms with Crippen molar-refractivity contribution in [3.63, 3.8) is 0 Å². The zero-order valence-electron chi connectivity index (χ0n) is 7.34. The number of nitrogens with zero attached hydrogens (tertiary/aromatic N) is 1. The Balaban J connectivity index is 2.32. The van der Waals surface area contributed by atoms with Gasteiger partial charge < -0.3 is 5.11 Å². The summed E-state index contributed by atoms with van der Waals surface area (Å²) in [5, 5.41) is 22.2. The minimum Gasteiger partial charge on any atom is -0.508 e. The van der Waals surface area contributed by atoms with E-state index in [2.05, 4.69) is 5.32 Å². The van der Waals surface area contributed by atoms with Crippen molar-refractivity contribution in [1.82, 2.24) is 10.4 Å². The fraction of sp³-hybridized carbons (Fsp3) is 0.222. The van der Waals surface area contributed by atoms with Crippen LogP contribution in [0.1, 0.15) is 11.7 Å². The van der Waals surface area contributed by atoms with E-state index in [1.807, 2.05) is 0 Å². The van der Waals surface area contributed by atoms with Crippen LogP contribution in [0.25, 0.3) is 0 Å². The number of hydrogen-bond acceptors (Lipinski definition) is 4. The van der Waals surface area contributed by atoms with Crippen molar-refractivity contribution < 1.29 is 15.1 Å². The molecule has 5 heteroatoms. The largest absolute Gasteiger partial charge is 0.508 e. The highest BCUT2D eigenvalue weighted by Gasteiger charge is 2.31. The number of benzene rings is 1. The van der Waals surface area contributed by atoms with Gasteiger partial charge in [0.1, 0.15) is 11.9 Å². The highest BCUT2D eigenvalue weighted by atomic mass is 16.5. The van der Waals surface area contributed by atoms with Crippen LogP contribution in [0.2, 0.25) is 0 Å². The molecule has 0 bridgehead atoms. The van der Waals surface area contributed by atoms with E-state index in [4.69, 9.17) is 0 Å². The summed E-state index contributed by atoms with van der Waals surface area (Å²) in [7, 11) is 0. The molecule has 0 aliphatic carbocycles. The van der Waals surface area contributed by atoms with Crippen LogP contribution in [0.4, 0.5) is 0 Å². The lowest BCUT2D eigenvalue weighted by Crippen LogP contribution is -2.26. The maximum atomic E-state index is 11.0. The molecule has 3 N–H and O–H groups in total. The average molecular weight is 194 g/mol. The number of phenolic OH excluding ortho intramolecular Hbond substituents is 1. The molecule has 1 aromatic rings. The number of carbonyl (C=O) groups is 1. The van der Waals surface area contributed by atoms with E-state index in [0.717, 1.165) is 0 Å². The lowest BCUT2D eigenvalue weighted by atomic mass is 10.1. The van der Waals surface area contributed by atoms with Gasteiger partial charge in [0.15, 0.2) is 0 Å². The van der Waals surface area contributed by atoms with Crippen LogP contribution in [-0.2, 0) is 4.79 Å². The standard InChI is InChI=1S/C9H10N2O3/c12-7-4-2-1-3-6(7)9-10-5-8(13)11(9)14/h1-4,9-10,12,14H,5H2/t9-/m0/s1. The van der Waals surface area contributed by atoms with E-state index in [9.17, 15) is 15.1 Å². The average Bonchev–Trinajstić information content (AvgIpc) is 2.49. The zero-order valence-corrected chi connectivity index (χ0v) is 7.34. The molecule has 5 nitrogen and oxygen atoms in total. The van der Waals surface area contributed by atoms with Crippen LogP contribution >= 0.6 is 0 Å². The summed E-state index contributed by atoms with van der Waals surface area (Å²) in [6.45, 7) is 0.0789. The molecule has 1 amide bonds. The molecule has 74 valence electrons. The topological polar surface area (TPSA) is 72.8 Å². The summed E-state index contributed by atoms with van der Waals surface area (Å²) in [5.74, 6) is -0.350. The fourth-order valence-corrected chi connectivity index (χ4v) is 1.46. The Bertz CT molecular complexity index is 367. The van der Waals surface area contributed by atoms with Gasteiger partial charge in [-0.3, -0.25) is 15.3 Å². The summed E-state index contributed by atoms with van der Waals surface area (Å²) in [5.41, 5.74) is 0.487. The normalized spacial score (nSPS) is 21.6. The molecule has 1 saturated heterocycles. The molecule has 1 atom stereocenters. The molecule has 1 aromatic carbocycles. The molecular weight excluding hydrogens is 184 g/mol. The number of hydrogen-bond donors (Lipinski definition) is 3. The molecule has 0 unspecified atom stereocenters. The molecule has 14 heavy (non-hydrogen) atoms. The Hall–Kier alpha value is -1.59. The van der Waals surface area contributed by atoms with Gasteiger partial charge in [-0.1, -0.05) is 18.2 Å². The minimum absolute atomic E-state index is 0.0544. The number of aromatic hydroxyl groups is 1. The van der Waals surface area contributed by atoms with Crippen molar-refractivity contribution in [3.05, 3.63) is 29.8 Å². The van der Waals surface area contributed by atoms with Crippen molar-refractivity contribution in [3.8, 4) is 5.75 Å². The fourth-order valence-electron chi connectivity index (χ4n) is 1.46. The van der Waals surface area contributed by atoms with Crippen LogP contribution in [0, 0.1) is 0 Å². The Kier molecular flexibility index (Phi) is 2.11. The van der Waals surface area contributed by atoms with E-state index >= 15 is 0 Å². The van der Waals surface area contributed by atoms with Crippen molar-refractivity contribution in [2.24, 2.45) is 0 Å². The van der Waals surface area contributed by atoms with Gasteiger partial charge in [-0.25, -0.2) is 5.06 Å². The van der Waals surface area contributed by atoms with Crippen LogP contribution in [0.5, 0.6) is 5.75 Å². The molecule has 0 spiro atoms. The second-order valence-electron chi connectivity index (χ2n) is 3.08. The molecule has 2 rings (SSSR count). The second-order valence-corrected chi connectivity index (χ2v) is 3.08. The Morgan fingerprint density at radius 2 is 2.14 bits per heavy atom. The van der Waals surface area contributed by atoms with E-state index in [0.29, 0.717) is 10.6 Å². The van der Waals surface area contributed by atoms with Crippen LogP contribution in [0.15, 0.2) is 24.3 Å². The Labute approximate surface area is 80.5 Å². The Morgan fingerprint density at radius 1 is 1.43 bits per heavy atom. The predicted octanol–water partition coefficient (Wildman–Crippen LogP) is 0.212. The molecule has 1 aliphatic heterocycles. The van der Waals surface area contributed by atoms with Gasteiger partial charge in [-0.15, -0.1) is 0 Å². The van der Waals surface area contributed by atoms with Gasteiger partial charge in [-0.05, 0) is 6.07 Å². The van der Waals surface area contributed by atoms with Gasteiger partial charge in [0.25, 0.3) is 5.91 Å². The highest BCUT2D eigenvalue weighted by Crippen LogP contribution is 2.27. The third kappa shape index (κ3) is 1.32. The Morgan fingerprint density at radius 3 is 2.71 bits per heavy atom. The monoisotopic (exact) mass is 194 g/mol. The predicted molar refractivity (Wildman–Crippen MR) is 47.5 cm³/mol. The van der Waals surface area contributed by atoms with Crippen molar-refractivity contribution in [2.75, 3.05) is 6.54 Å². The first-order valence-corrected chi connectivity index (χ1v) is 4.22. The number of phenols is 1. The number of carbonyl (C=O) groups excluding carboxylic acids is 1. The van der Waals surface area contributed by atoms with Crippen LogP contribution in [-0.4, -0.2) is 27.8 Å². The van der Waals surface area contributed by atoms with Crippen LogP contribution in [0.3, 0.4) is 0 Å². The van der Waals surface area contributed by atoms with Gasteiger partial charge in [0, 0.05) is 5.56 Å². The van der Waals surface area contributed by atoms with E-state index in [1.165, 1.54) is 6.07 Å². The smallest absolute Gasteiger partial charge is 0.261 e. The van der Waals surface area contributed by atoms with E-state index in [1.54, 1.807) is 18.2 Å². The van der Waals surface area contributed by atoms with Gasteiger partial charge in [0.05, 0.1) is 6.54 Å². The molecular formula is C9H10N2O3. The summed E-state index contributed by atoms with van der Waals surface area (Å²) in [6.07, 6.45) is -0.649.